The Morgan fingerprint density at radius 1 is 0.388 bits per heavy atom. The summed E-state index contributed by atoms with van der Waals surface area (Å²) in [5.41, 5.74) is -1.11. The molecule has 0 heterocycles. The lowest BCUT2D eigenvalue weighted by Crippen LogP contribution is -2.37. The molecule has 6 N–H and O–H groups in total. The standard InChI is InChI=1S/2C18H34O2.C5H12O4/c2*1-2-3-4-5-6-7-8-9-10-11-12-13-14-15-16-17-18(19)20;6-1-5(2-7,3-8)4-9/h2*9-10H,2-8,11-17H2,1H3,(H,19,20);6-9H,1-4H2/b2*10-9-;. The van der Waals surface area contributed by atoms with Gasteiger partial charge in [-0.1, -0.05) is 141 Å². The van der Waals surface area contributed by atoms with E-state index in [-0.39, 0.29) is 0 Å². The molecule has 8 heteroatoms. The summed E-state index contributed by atoms with van der Waals surface area (Å²) < 4.78 is 0. The maximum atomic E-state index is 10.3. The van der Waals surface area contributed by atoms with Crippen molar-refractivity contribution in [3.63, 3.8) is 0 Å². The molecule has 0 fully saturated rings. The van der Waals surface area contributed by atoms with Gasteiger partial charge in [-0.25, -0.2) is 0 Å². The van der Waals surface area contributed by atoms with Crippen molar-refractivity contribution in [1.82, 2.24) is 0 Å². The van der Waals surface area contributed by atoms with Crippen molar-refractivity contribution < 1.29 is 40.2 Å². The molecule has 0 saturated carbocycles. The number of carboxylic acid groups (broad SMARTS) is 2. The molecule has 0 unspecified atom stereocenters. The average Bonchev–Trinajstić information content (AvgIpc) is 3.10. The molecule has 0 amide bonds. The number of unbranched alkanes of at least 4 members (excludes halogenated alkanes) is 22. The number of aliphatic carboxylic acids is 2. The summed E-state index contributed by atoms with van der Waals surface area (Å²) in [6.07, 6.45) is 42.5. The van der Waals surface area contributed by atoms with Crippen LogP contribution in [0, 0.1) is 5.41 Å². The Morgan fingerprint density at radius 3 is 0.816 bits per heavy atom. The molecule has 0 aromatic heterocycles. The summed E-state index contributed by atoms with van der Waals surface area (Å²) in [5.74, 6) is -1.33. The van der Waals surface area contributed by atoms with Crippen LogP contribution in [0.5, 0.6) is 0 Å². The molecule has 49 heavy (non-hydrogen) atoms. The zero-order chi connectivity index (χ0) is 37.1. The summed E-state index contributed by atoms with van der Waals surface area (Å²) in [6.45, 7) is 2.89. The fourth-order valence-corrected chi connectivity index (χ4v) is 4.99. The molecule has 292 valence electrons. The highest BCUT2D eigenvalue weighted by Gasteiger charge is 2.26. The molecule has 0 bridgehead atoms. The van der Waals surface area contributed by atoms with Crippen LogP contribution >= 0.6 is 0 Å². The normalized spacial score (nSPS) is 11.4. The fraction of sp³-hybridized carbons (Fsp3) is 0.854. The van der Waals surface area contributed by atoms with E-state index in [1.165, 1.54) is 141 Å². The van der Waals surface area contributed by atoms with Crippen molar-refractivity contribution in [3.8, 4) is 0 Å². The summed E-state index contributed by atoms with van der Waals surface area (Å²) in [7, 11) is 0. The van der Waals surface area contributed by atoms with E-state index in [1.54, 1.807) is 0 Å². The van der Waals surface area contributed by atoms with Gasteiger partial charge in [0.2, 0.25) is 0 Å². The van der Waals surface area contributed by atoms with Crippen LogP contribution in [0.25, 0.3) is 0 Å². The molecule has 0 saturated heterocycles. The SMILES string of the molecule is CCCCCCCC/C=C\CCCCCCCC(=O)O.CCCCCCCC/C=C\CCCCCCCC(=O)O.OCC(CO)(CO)CO. The van der Waals surface area contributed by atoms with Gasteiger partial charge < -0.3 is 30.6 Å². The quantitative estimate of drug-likeness (QED) is 0.0286. The Bertz CT molecular complexity index is 651. The summed E-state index contributed by atoms with van der Waals surface area (Å²) in [4.78, 5) is 20.6. The highest BCUT2D eigenvalue weighted by molar-refractivity contribution is 5.66. The van der Waals surface area contributed by atoms with Gasteiger partial charge in [0.1, 0.15) is 0 Å². The van der Waals surface area contributed by atoms with Crippen LogP contribution in [-0.2, 0) is 9.59 Å². The molecule has 0 aliphatic rings. The van der Waals surface area contributed by atoms with E-state index in [1.807, 2.05) is 0 Å². The summed E-state index contributed by atoms with van der Waals surface area (Å²) >= 11 is 0. The van der Waals surface area contributed by atoms with Gasteiger partial charge in [-0.2, -0.15) is 0 Å². The minimum Gasteiger partial charge on any atom is -0.481 e. The predicted octanol–water partition coefficient (Wildman–Crippen LogP) is 10.2. The van der Waals surface area contributed by atoms with Gasteiger partial charge in [-0.05, 0) is 64.2 Å². The second-order valence-corrected chi connectivity index (χ2v) is 13.6. The first-order valence-electron chi connectivity index (χ1n) is 20.0. The second kappa shape index (κ2) is 44.3. The largest absolute Gasteiger partial charge is 0.481 e. The van der Waals surface area contributed by atoms with E-state index >= 15 is 0 Å². The first-order chi connectivity index (χ1) is 23.8. The van der Waals surface area contributed by atoms with Crippen molar-refractivity contribution in [2.24, 2.45) is 5.41 Å². The van der Waals surface area contributed by atoms with Crippen LogP contribution in [0.4, 0.5) is 0 Å². The lowest BCUT2D eigenvalue weighted by molar-refractivity contribution is -0.138. The van der Waals surface area contributed by atoms with E-state index in [0.29, 0.717) is 12.8 Å². The first kappa shape index (κ1) is 51.6. The monoisotopic (exact) mass is 701 g/mol. The Labute approximate surface area is 301 Å². The number of aliphatic hydroxyl groups is 4. The smallest absolute Gasteiger partial charge is 0.303 e. The molecule has 0 atom stereocenters. The average molecular weight is 701 g/mol. The van der Waals surface area contributed by atoms with Gasteiger partial charge in [0.25, 0.3) is 0 Å². The van der Waals surface area contributed by atoms with Crippen molar-refractivity contribution in [2.75, 3.05) is 26.4 Å². The van der Waals surface area contributed by atoms with Crippen molar-refractivity contribution in [2.45, 2.75) is 194 Å². The topological polar surface area (TPSA) is 156 Å². The summed E-state index contributed by atoms with van der Waals surface area (Å²) in [5, 5.41) is 51.0. The van der Waals surface area contributed by atoms with Crippen LogP contribution in [0.15, 0.2) is 24.3 Å². The van der Waals surface area contributed by atoms with E-state index < -0.39 is 43.8 Å². The third-order valence-corrected chi connectivity index (χ3v) is 8.65. The maximum Gasteiger partial charge on any atom is 0.303 e. The molecule has 0 aromatic carbocycles. The minimum atomic E-state index is -1.11. The lowest BCUT2D eigenvalue weighted by atomic mass is 9.93. The highest BCUT2D eigenvalue weighted by Crippen LogP contribution is 2.13. The van der Waals surface area contributed by atoms with Crippen LogP contribution in [0.3, 0.4) is 0 Å². The van der Waals surface area contributed by atoms with E-state index in [9.17, 15) is 9.59 Å². The molecular weight excluding hydrogens is 620 g/mol. The molecule has 0 spiro atoms. The molecule has 0 rings (SSSR count). The van der Waals surface area contributed by atoms with Crippen LogP contribution in [0.1, 0.15) is 194 Å². The van der Waals surface area contributed by atoms with Crippen molar-refractivity contribution >= 4 is 11.9 Å². The lowest BCUT2D eigenvalue weighted by Gasteiger charge is -2.23. The van der Waals surface area contributed by atoms with Crippen LogP contribution in [-0.4, -0.2) is 69.0 Å². The fourth-order valence-electron chi connectivity index (χ4n) is 4.99. The molecular formula is C41H80O8. The van der Waals surface area contributed by atoms with Gasteiger partial charge in [-0.15, -0.1) is 0 Å². The van der Waals surface area contributed by atoms with E-state index in [4.69, 9.17) is 30.6 Å². The Hall–Kier alpha value is -1.74. The van der Waals surface area contributed by atoms with E-state index in [2.05, 4.69) is 38.2 Å². The van der Waals surface area contributed by atoms with E-state index in [0.717, 1.165) is 25.7 Å². The Balaban J connectivity index is -0.000000695. The van der Waals surface area contributed by atoms with Gasteiger partial charge in [0, 0.05) is 12.8 Å². The number of aliphatic hydroxyl groups excluding tert-OH is 4. The van der Waals surface area contributed by atoms with Gasteiger partial charge in [0.15, 0.2) is 0 Å². The summed E-state index contributed by atoms with van der Waals surface area (Å²) in [6, 6.07) is 0. The third kappa shape index (κ3) is 46.3. The van der Waals surface area contributed by atoms with Gasteiger partial charge in [-0.3, -0.25) is 9.59 Å². The van der Waals surface area contributed by atoms with Crippen LogP contribution in [0.2, 0.25) is 0 Å². The number of carboxylic acids is 2. The molecule has 0 radical (unpaired) electrons. The van der Waals surface area contributed by atoms with Crippen molar-refractivity contribution in [1.29, 1.82) is 0 Å². The van der Waals surface area contributed by atoms with Gasteiger partial charge in [0.05, 0.1) is 31.8 Å². The first-order valence-corrected chi connectivity index (χ1v) is 20.0. The predicted molar refractivity (Wildman–Crippen MR) is 205 cm³/mol. The zero-order valence-corrected chi connectivity index (χ0v) is 31.9. The minimum absolute atomic E-state index is 0.332. The zero-order valence-electron chi connectivity index (χ0n) is 31.9. The number of allylic oxidation sites excluding steroid dienone is 4. The molecule has 0 aliphatic carbocycles. The maximum absolute atomic E-state index is 10.3. The van der Waals surface area contributed by atoms with Crippen molar-refractivity contribution in [3.05, 3.63) is 24.3 Å². The Morgan fingerprint density at radius 2 is 0.612 bits per heavy atom. The number of hydrogen-bond acceptors (Lipinski definition) is 6. The molecule has 0 aromatic rings. The molecule has 0 aliphatic heterocycles. The number of hydrogen-bond donors (Lipinski definition) is 6. The Kier molecular flexibility index (Phi) is 46.7. The molecule has 8 nitrogen and oxygen atoms in total. The number of carbonyl (C=O) groups is 2. The third-order valence-electron chi connectivity index (χ3n) is 8.65. The highest BCUT2D eigenvalue weighted by atomic mass is 16.4. The van der Waals surface area contributed by atoms with Gasteiger partial charge >= 0.3 is 11.9 Å². The number of rotatable bonds is 34. The van der Waals surface area contributed by atoms with Crippen LogP contribution < -0.4 is 0 Å². The second-order valence-electron chi connectivity index (χ2n) is 13.6.